The van der Waals surface area contributed by atoms with Crippen LogP contribution in [0, 0.1) is 0 Å². The lowest BCUT2D eigenvalue weighted by Crippen LogP contribution is -2.13. The molecule has 0 radical (unpaired) electrons. The minimum Gasteiger partial charge on any atom is -0.362 e. The van der Waals surface area contributed by atoms with Crippen LogP contribution in [0.1, 0.15) is 18.1 Å². The van der Waals surface area contributed by atoms with E-state index >= 15 is 0 Å². The van der Waals surface area contributed by atoms with Crippen molar-refractivity contribution in [2.75, 3.05) is 30.9 Å². The number of hydrogen-bond acceptors (Lipinski definition) is 3. The summed E-state index contributed by atoms with van der Waals surface area (Å²) < 4.78 is 0. The van der Waals surface area contributed by atoms with E-state index in [4.69, 9.17) is 0 Å². The topological polar surface area (TPSA) is 19.4 Å². The van der Waals surface area contributed by atoms with Crippen molar-refractivity contribution in [2.24, 2.45) is 0 Å². The molecule has 3 aromatic rings. The van der Waals surface area contributed by atoms with E-state index in [0.29, 0.717) is 0 Å². The largest absolute Gasteiger partial charge is 0.362 e. The average molecular weight is 343 g/mol. The van der Waals surface area contributed by atoms with E-state index in [9.17, 15) is 0 Å². The summed E-state index contributed by atoms with van der Waals surface area (Å²) in [5.74, 6) is 0.978. The van der Waals surface area contributed by atoms with Gasteiger partial charge < -0.3 is 9.80 Å². The molecule has 3 heteroatoms. The smallest absolute Gasteiger partial charge is 0.135 e. The fraction of sp³-hybridized carbons (Fsp3) is 0.174. The predicted octanol–water partition coefficient (Wildman–Crippen LogP) is 5.37. The Morgan fingerprint density at radius 2 is 1.46 bits per heavy atom. The fourth-order valence-corrected chi connectivity index (χ4v) is 3.11. The first-order valence-electron chi connectivity index (χ1n) is 8.80. The predicted molar refractivity (Wildman–Crippen MR) is 112 cm³/mol. The molecule has 2 aromatic carbocycles. The van der Waals surface area contributed by atoms with Crippen molar-refractivity contribution >= 4 is 22.8 Å². The summed E-state index contributed by atoms with van der Waals surface area (Å²) in [7, 11) is 6.14. The van der Waals surface area contributed by atoms with Crippen LogP contribution in [0.4, 0.5) is 17.2 Å². The standard InChI is InChI=1S/C23H25N3/c1-5-21(22-12-9-17-24-23(22)25(2)3)18-13-15-20(16-14-18)26(4)19-10-7-6-8-11-19/h5-17H,1-4H3/b21-5-. The molecule has 0 bridgehead atoms. The first-order valence-corrected chi connectivity index (χ1v) is 8.80. The third-order valence-electron chi connectivity index (χ3n) is 4.50. The maximum atomic E-state index is 4.53. The molecule has 26 heavy (non-hydrogen) atoms. The Morgan fingerprint density at radius 1 is 0.808 bits per heavy atom. The third-order valence-corrected chi connectivity index (χ3v) is 4.50. The summed E-state index contributed by atoms with van der Waals surface area (Å²) in [5, 5.41) is 0. The van der Waals surface area contributed by atoms with E-state index in [1.54, 1.807) is 0 Å². The molecule has 0 saturated heterocycles. The number of hydrogen-bond donors (Lipinski definition) is 0. The Morgan fingerprint density at radius 3 is 2.08 bits per heavy atom. The van der Waals surface area contributed by atoms with Gasteiger partial charge >= 0.3 is 0 Å². The van der Waals surface area contributed by atoms with Gasteiger partial charge in [-0.25, -0.2) is 4.98 Å². The molecule has 0 atom stereocenters. The minimum atomic E-state index is 0.978. The quantitative estimate of drug-likeness (QED) is 0.621. The second-order valence-corrected chi connectivity index (χ2v) is 6.41. The van der Waals surface area contributed by atoms with Crippen molar-refractivity contribution in [2.45, 2.75) is 6.92 Å². The normalized spacial score (nSPS) is 11.3. The summed E-state index contributed by atoms with van der Waals surface area (Å²) in [6, 6.07) is 23.2. The van der Waals surface area contributed by atoms with E-state index in [1.807, 2.05) is 32.4 Å². The zero-order valence-electron chi connectivity index (χ0n) is 15.8. The Labute approximate surface area is 156 Å². The number of para-hydroxylation sites is 1. The zero-order chi connectivity index (χ0) is 18.5. The molecule has 0 aliphatic heterocycles. The zero-order valence-corrected chi connectivity index (χ0v) is 15.8. The van der Waals surface area contributed by atoms with Crippen LogP contribution >= 0.6 is 0 Å². The van der Waals surface area contributed by atoms with Gasteiger partial charge in [-0.05, 0) is 54.5 Å². The Bertz CT molecular complexity index is 881. The van der Waals surface area contributed by atoms with Gasteiger partial charge in [0.15, 0.2) is 0 Å². The van der Waals surface area contributed by atoms with E-state index in [2.05, 4.69) is 89.4 Å². The van der Waals surface area contributed by atoms with Crippen molar-refractivity contribution < 1.29 is 0 Å². The number of nitrogens with zero attached hydrogens (tertiary/aromatic N) is 3. The van der Waals surface area contributed by atoms with E-state index in [1.165, 1.54) is 16.8 Å². The fourth-order valence-electron chi connectivity index (χ4n) is 3.11. The van der Waals surface area contributed by atoms with Crippen LogP contribution in [-0.2, 0) is 0 Å². The highest BCUT2D eigenvalue weighted by Crippen LogP contribution is 2.31. The molecule has 3 rings (SSSR count). The number of pyridine rings is 1. The second-order valence-electron chi connectivity index (χ2n) is 6.41. The molecule has 0 aliphatic carbocycles. The average Bonchev–Trinajstić information content (AvgIpc) is 2.69. The molecule has 1 aromatic heterocycles. The van der Waals surface area contributed by atoms with Crippen molar-refractivity contribution in [3.63, 3.8) is 0 Å². The van der Waals surface area contributed by atoms with Crippen LogP contribution in [0.3, 0.4) is 0 Å². The molecule has 3 nitrogen and oxygen atoms in total. The van der Waals surface area contributed by atoms with Gasteiger partial charge in [-0.3, -0.25) is 0 Å². The summed E-state index contributed by atoms with van der Waals surface area (Å²) in [5.41, 5.74) is 5.86. The van der Waals surface area contributed by atoms with Gasteiger partial charge in [-0.1, -0.05) is 36.4 Å². The van der Waals surface area contributed by atoms with Gasteiger partial charge in [-0.15, -0.1) is 0 Å². The number of benzene rings is 2. The molecule has 0 fully saturated rings. The highest BCUT2D eigenvalue weighted by molar-refractivity contribution is 5.85. The monoisotopic (exact) mass is 343 g/mol. The summed E-state index contributed by atoms with van der Waals surface area (Å²) in [6.45, 7) is 2.08. The first kappa shape index (κ1) is 17.7. The van der Waals surface area contributed by atoms with Crippen molar-refractivity contribution in [3.8, 4) is 0 Å². The van der Waals surface area contributed by atoms with E-state index < -0.39 is 0 Å². The summed E-state index contributed by atoms with van der Waals surface area (Å²) in [6.07, 6.45) is 3.99. The Balaban J connectivity index is 1.93. The first-order chi connectivity index (χ1) is 12.6. The van der Waals surface area contributed by atoms with Crippen molar-refractivity contribution in [3.05, 3.63) is 90.1 Å². The van der Waals surface area contributed by atoms with Crippen LogP contribution in [0.25, 0.3) is 5.57 Å². The molecule has 0 saturated carbocycles. The molecule has 132 valence electrons. The molecular weight excluding hydrogens is 318 g/mol. The maximum absolute atomic E-state index is 4.53. The molecule has 0 spiro atoms. The van der Waals surface area contributed by atoms with Crippen LogP contribution in [0.5, 0.6) is 0 Å². The lowest BCUT2D eigenvalue weighted by atomic mass is 9.97. The third kappa shape index (κ3) is 3.62. The summed E-state index contributed by atoms with van der Waals surface area (Å²) in [4.78, 5) is 8.78. The van der Waals surface area contributed by atoms with Crippen LogP contribution in [-0.4, -0.2) is 26.1 Å². The maximum Gasteiger partial charge on any atom is 0.135 e. The number of aromatic nitrogens is 1. The summed E-state index contributed by atoms with van der Waals surface area (Å²) >= 11 is 0. The molecule has 0 aliphatic rings. The molecule has 1 heterocycles. The minimum absolute atomic E-state index is 0.978. The lowest BCUT2D eigenvalue weighted by Gasteiger charge is -2.21. The van der Waals surface area contributed by atoms with Gasteiger partial charge in [0.2, 0.25) is 0 Å². The van der Waals surface area contributed by atoms with Crippen LogP contribution in [0.2, 0.25) is 0 Å². The Hall–Kier alpha value is -3.07. The number of allylic oxidation sites excluding steroid dienone is 1. The molecule has 0 amide bonds. The molecular formula is C23H25N3. The van der Waals surface area contributed by atoms with Gasteiger partial charge in [0.05, 0.1) is 0 Å². The van der Waals surface area contributed by atoms with Crippen molar-refractivity contribution in [1.82, 2.24) is 4.98 Å². The van der Waals surface area contributed by atoms with Crippen LogP contribution in [0.15, 0.2) is 79.0 Å². The lowest BCUT2D eigenvalue weighted by molar-refractivity contribution is 1.06. The molecule has 0 N–H and O–H groups in total. The number of rotatable bonds is 5. The second kappa shape index (κ2) is 7.87. The molecule has 0 unspecified atom stereocenters. The van der Waals surface area contributed by atoms with E-state index in [-0.39, 0.29) is 0 Å². The van der Waals surface area contributed by atoms with E-state index in [0.717, 1.165) is 17.1 Å². The Kier molecular flexibility index (Phi) is 5.37. The van der Waals surface area contributed by atoms with Gasteiger partial charge in [0.1, 0.15) is 5.82 Å². The van der Waals surface area contributed by atoms with Gasteiger partial charge in [0.25, 0.3) is 0 Å². The highest BCUT2D eigenvalue weighted by Gasteiger charge is 2.12. The van der Waals surface area contributed by atoms with Crippen LogP contribution < -0.4 is 9.80 Å². The highest BCUT2D eigenvalue weighted by atomic mass is 15.1. The number of anilines is 3. The van der Waals surface area contributed by atoms with Gasteiger partial charge in [0, 0.05) is 44.3 Å². The van der Waals surface area contributed by atoms with Crippen molar-refractivity contribution in [1.29, 1.82) is 0 Å². The SMILES string of the molecule is C/C=C(/c1ccc(N(C)c2ccccc2)cc1)c1cccnc1N(C)C. The van der Waals surface area contributed by atoms with Gasteiger partial charge in [-0.2, -0.15) is 0 Å².